The molecule has 2 rings (SSSR count). The second-order valence-electron chi connectivity index (χ2n) is 5.39. The molecule has 4 nitrogen and oxygen atoms in total. The Balaban J connectivity index is 2.14. The highest BCUT2D eigenvalue weighted by molar-refractivity contribution is 5.80. The summed E-state index contributed by atoms with van der Waals surface area (Å²) in [4.78, 5) is 14.6. The summed E-state index contributed by atoms with van der Waals surface area (Å²) >= 11 is 0. The number of nitrogens with one attached hydrogen (secondary N) is 1. The van der Waals surface area contributed by atoms with Crippen LogP contribution in [-0.4, -0.2) is 43.7 Å². The van der Waals surface area contributed by atoms with Gasteiger partial charge in [0.2, 0.25) is 5.91 Å². The molecule has 0 bridgehead atoms. The van der Waals surface area contributed by atoms with Gasteiger partial charge < -0.3 is 15.0 Å². The molecule has 1 heterocycles. The maximum atomic E-state index is 13.0. The van der Waals surface area contributed by atoms with Crippen LogP contribution in [0.1, 0.15) is 25.5 Å². The van der Waals surface area contributed by atoms with Crippen molar-refractivity contribution in [3.8, 4) is 0 Å². The first-order valence-corrected chi connectivity index (χ1v) is 7.39. The molecule has 1 aliphatic heterocycles. The van der Waals surface area contributed by atoms with Gasteiger partial charge in [-0.05, 0) is 38.6 Å². The second-order valence-corrected chi connectivity index (χ2v) is 5.39. The third-order valence-corrected chi connectivity index (χ3v) is 4.21. The van der Waals surface area contributed by atoms with Crippen LogP contribution in [-0.2, 0) is 9.53 Å². The van der Waals surface area contributed by atoms with E-state index in [1.54, 1.807) is 12.1 Å². The molecule has 1 saturated heterocycles. The number of hydrogen-bond donors (Lipinski definition) is 1. The van der Waals surface area contributed by atoms with E-state index in [9.17, 15) is 9.18 Å². The summed E-state index contributed by atoms with van der Waals surface area (Å²) in [5.41, 5.74) is 0.937. The van der Waals surface area contributed by atoms with Crippen LogP contribution < -0.4 is 5.32 Å². The van der Waals surface area contributed by atoms with Crippen LogP contribution in [0.25, 0.3) is 0 Å². The lowest BCUT2D eigenvalue weighted by atomic mass is 9.99. The Morgan fingerprint density at radius 2 is 2.10 bits per heavy atom. The number of likely N-dealkylation sites (N-methyl/N-ethyl adjacent to an activating group) is 1. The van der Waals surface area contributed by atoms with Crippen LogP contribution >= 0.6 is 0 Å². The molecule has 3 unspecified atom stereocenters. The van der Waals surface area contributed by atoms with Gasteiger partial charge in [-0.3, -0.25) is 4.79 Å². The van der Waals surface area contributed by atoms with E-state index in [1.807, 2.05) is 25.8 Å². The van der Waals surface area contributed by atoms with E-state index >= 15 is 0 Å². The monoisotopic (exact) mass is 294 g/mol. The first kappa shape index (κ1) is 15.9. The SMILES string of the molecule is CCN(C(=O)C1COCC1NC)C(C)c1ccc(F)cc1. The Hall–Kier alpha value is -1.46. The largest absolute Gasteiger partial charge is 0.379 e. The van der Waals surface area contributed by atoms with Crippen LogP contribution in [0.2, 0.25) is 0 Å². The summed E-state index contributed by atoms with van der Waals surface area (Å²) < 4.78 is 18.4. The van der Waals surface area contributed by atoms with Gasteiger partial charge in [0.05, 0.1) is 25.2 Å². The molecular formula is C16H23FN2O2. The second kappa shape index (κ2) is 7.00. The van der Waals surface area contributed by atoms with Gasteiger partial charge in [0, 0.05) is 12.6 Å². The molecule has 1 aliphatic rings. The highest BCUT2D eigenvalue weighted by atomic mass is 19.1. The van der Waals surface area contributed by atoms with Crippen molar-refractivity contribution in [3.63, 3.8) is 0 Å². The Bertz CT molecular complexity index is 478. The van der Waals surface area contributed by atoms with Gasteiger partial charge in [0.1, 0.15) is 5.82 Å². The molecule has 1 fully saturated rings. The Morgan fingerprint density at radius 3 is 2.67 bits per heavy atom. The minimum absolute atomic E-state index is 0.0620. The van der Waals surface area contributed by atoms with Crippen LogP contribution in [0.4, 0.5) is 4.39 Å². The maximum absolute atomic E-state index is 13.0. The first-order chi connectivity index (χ1) is 10.1. The summed E-state index contributed by atoms with van der Waals surface area (Å²) in [5, 5.41) is 3.14. The fourth-order valence-corrected chi connectivity index (χ4v) is 2.84. The average Bonchev–Trinajstić information content (AvgIpc) is 2.96. The molecular weight excluding hydrogens is 271 g/mol. The first-order valence-electron chi connectivity index (χ1n) is 7.39. The number of rotatable bonds is 5. The highest BCUT2D eigenvalue weighted by Crippen LogP contribution is 2.25. The summed E-state index contributed by atoms with van der Waals surface area (Å²) in [6.45, 7) is 5.57. The fraction of sp³-hybridized carbons (Fsp3) is 0.562. The lowest BCUT2D eigenvalue weighted by Gasteiger charge is -2.32. The molecule has 116 valence electrons. The van der Waals surface area contributed by atoms with E-state index < -0.39 is 0 Å². The van der Waals surface area contributed by atoms with Crippen LogP contribution in [0.5, 0.6) is 0 Å². The lowest BCUT2D eigenvalue weighted by molar-refractivity contribution is -0.138. The van der Waals surface area contributed by atoms with Gasteiger partial charge in [-0.15, -0.1) is 0 Å². The summed E-state index contributed by atoms with van der Waals surface area (Å²) in [7, 11) is 1.85. The van der Waals surface area contributed by atoms with E-state index in [1.165, 1.54) is 12.1 Å². The number of halogens is 1. The molecule has 1 N–H and O–H groups in total. The Kier molecular flexibility index (Phi) is 5.31. The van der Waals surface area contributed by atoms with Crippen molar-refractivity contribution in [2.45, 2.75) is 25.9 Å². The van der Waals surface area contributed by atoms with Gasteiger partial charge in [-0.1, -0.05) is 12.1 Å². The van der Waals surface area contributed by atoms with Gasteiger partial charge in [0.15, 0.2) is 0 Å². The highest BCUT2D eigenvalue weighted by Gasteiger charge is 2.36. The Morgan fingerprint density at radius 1 is 1.43 bits per heavy atom. The van der Waals surface area contributed by atoms with Crippen molar-refractivity contribution in [2.75, 3.05) is 26.8 Å². The van der Waals surface area contributed by atoms with Crippen molar-refractivity contribution in [1.82, 2.24) is 10.2 Å². The van der Waals surface area contributed by atoms with Crippen molar-refractivity contribution >= 4 is 5.91 Å². The number of hydrogen-bond acceptors (Lipinski definition) is 3. The zero-order valence-corrected chi connectivity index (χ0v) is 12.8. The predicted molar refractivity (Wildman–Crippen MR) is 79.4 cm³/mol. The fourth-order valence-electron chi connectivity index (χ4n) is 2.84. The molecule has 5 heteroatoms. The van der Waals surface area contributed by atoms with Crippen molar-refractivity contribution < 1.29 is 13.9 Å². The molecule has 1 aromatic carbocycles. The number of ether oxygens (including phenoxy) is 1. The quantitative estimate of drug-likeness (QED) is 0.903. The van der Waals surface area contributed by atoms with Crippen LogP contribution in [0, 0.1) is 11.7 Å². The van der Waals surface area contributed by atoms with E-state index in [0.717, 1.165) is 5.56 Å². The van der Waals surface area contributed by atoms with E-state index in [2.05, 4.69) is 5.32 Å². The van der Waals surface area contributed by atoms with E-state index in [-0.39, 0.29) is 29.7 Å². The molecule has 1 aromatic rings. The molecule has 3 atom stereocenters. The van der Waals surface area contributed by atoms with Crippen LogP contribution in [0.15, 0.2) is 24.3 Å². The van der Waals surface area contributed by atoms with E-state index in [4.69, 9.17) is 4.74 Å². The molecule has 1 amide bonds. The van der Waals surface area contributed by atoms with Gasteiger partial charge in [-0.25, -0.2) is 4.39 Å². The maximum Gasteiger partial charge on any atom is 0.230 e. The normalized spacial score (nSPS) is 23.0. The minimum Gasteiger partial charge on any atom is -0.379 e. The van der Waals surface area contributed by atoms with Gasteiger partial charge in [-0.2, -0.15) is 0 Å². The predicted octanol–water partition coefficient (Wildman–Crippen LogP) is 1.97. The van der Waals surface area contributed by atoms with Crippen molar-refractivity contribution in [1.29, 1.82) is 0 Å². The molecule has 0 aliphatic carbocycles. The number of nitrogens with zero attached hydrogens (tertiary/aromatic N) is 1. The standard InChI is InChI=1S/C16H23FN2O2/c1-4-19(11(2)12-5-7-13(17)8-6-12)16(20)14-9-21-10-15(14)18-3/h5-8,11,14-15,18H,4,9-10H2,1-3H3. The topological polar surface area (TPSA) is 41.6 Å². The van der Waals surface area contributed by atoms with E-state index in [0.29, 0.717) is 19.8 Å². The zero-order chi connectivity index (χ0) is 15.4. The van der Waals surface area contributed by atoms with Crippen molar-refractivity contribution in [2.24, 2.45) is 5.92 Å². The average molecular weight is 294 g/mol. The smallest absolute Gasteiger partial charge is 0.230 e. The molecule has 0 spiro atoms. The Labute approximate surface area is 125 Å². The minimum atomic E-state index is -0.264. The number of benzene rings is 1. The van der Waals surface area contributed by atoms with Gasteiger partial charge in [0.25, 0.3) is 0 Å². The molecule has 0 aromatic heterocycles. The van der Waals surface area contributed by atoms with Gasteiger partial charge >= 0.3 is 0 Å². The molecule has 0 radical (unpaired) electrons. The molecule has 0 saturated carbocycles. The number of amides is 1. The van der Waals surface area contributed by atoms with Crippen LogP contribution in [0.3, 0.4) is 0 Å². The molecule has 21 heavy (non-hydrogen) atoms. The zero-order valence-electron chi connectivity index (χ0n) is 12.8. The van der Waals surface area contributed by atoms with Crippen molar-refractivity contribution in [3.05, 3.63) is 35.6 Å². The summed E-state index contributed by atoms with van der Waals surface area (Å²) in [6, 6.07) is 6.30. The number of carbonyl (C=O) groups is 1. The third kappa shape index (κ3) is 3.41. The lowest BCUT2D eigenvalue weighted by Crippen LogP contribution is -2.45. The summed E-state index contributed by atoms with van der Waals surface area (Å²) in [5.74, 6) is -0.330. The number of carbonyl (C=O) groups excluding carboxylic acids is 1. The third-order valence-electron chi connectivity index (χ3n) is 4.21. The summed E-state index contributed by atoms with van der Waals surface area (Å²) in [6.07, 6.45) is 0.